The van der Waals surface area contributed by atoms with Crippen LogP contribution in [0.5, 0.6) is 0 Å². The summed E-state index contributed by atoms with van der Waals surface area (Å²) < 4.78 is 10.6. The van der Waals surface area contributed by atoms with Crippen molar-refractivity contribution in [3.63, 3.8) is 0 Å². The van der Waals surface area contributed by atoms with Crippen molar-refractivity contribution in [1.29, 1.82) is 0 Å². The van der Waals surface area contributed by atoms with Gasteiger partial charge < -0.3 is 9.47 Å². The van der Waals surface area contributed by atoms with Crippen molar-refractivity contribution in [2.45, 2.75) is 25.6 Å². The number of fused-ring (bicyclic) bond motifs is 1. The zero-order valence-corrected chi connectivity index (χ0v) is 8.16. The maximum Gasteiger partial charge on any atom is 0.0850 e. The molecule has 1 fully saturated rings. The van der Waals surface area contributed by atoms with Crippen LogP contribution in [0.15, 0.2) is 18.2 Å². The van der Waals surface area contributed by atoms with Crippen molar-refractivity contribution >= 4 is 0 Å². The molecule has 2 heteroatoms. The molecule has 0 aliphatic carbocycles. The average molecular weight is 190 g/mol. The third kappa shape index (κ3) is 1.68. The van der Waals surface area contributed by atoms with E-state index < -0.39 is 0 Å². The molecule has 3 rings (SSSR count). The topological polar surface area (TPSA) is 21.8 Å². The normalized spacial score (nSPS) is 24.4. The van der Waals surface area contributed by atoms with Gasteiger partial charge in [-0.2, -0.15) is 0 Å². The van der Waals surface area contributed by atoms with E-state index in [1.807, 2.05) is 0 Å². The highest BCUT2D eigenvalue weighted by atomic mass is 16.6. The van der Waals surface area contributed by atoms with Crippen molar-refractivity contribution in [3.05, 3.63) is 34.9 Å². The summed E-state index contributed by atoms with van der Waals surface area (Å²) in [5.74, 6) is 0. The SMILES string of the molecule is c1cc2c(cc1CC1CO1)CCOC2. The van der Waals surface area contributed by atoms with E-state index in [0.29, 0.717) is 6.10 Å². The van der Waals surface area contributed by atoms with Gasteiger partial charge in [-0.05, 0) is 23.1 Å². The molecule has 1 atom stereocenters. The second kappa shape index (κ2) is 3.37. The molecular weight excluding hydrogens is 176 g/mol. The van der Waals surface area contributed by atoms with Gasteiger partial charge in [-0.3, -0.25) is 0 Å². The van der Waals surface area contributed by atoms with Crippen LogP contribution in [0.4, 0.5) is 0 Å². The van der Waals surface area contributed by atoms with E-state index >= 15 is 0 Å². The summed E-state index contributed by atoms with van der Waals surface area (Å²) in [7, 11) is 0. The van der Waals surface area contributed by atoms with Crippen LogP contribution in [-0.4, -0.2) is 19.3 Å². The van der Waals surface area contributed by atoms with E-state index in [9.17, 15) is 0 Å². The highest BCUT2D eigenvalue weighted by molar-refractivity contribution is 5.33. The summed E-state index contributed by atoms with van der Waals surface area (Å²) in [6.45, 7) is 2.60. The Kier molecular flexibility index (Phi) is 2.03. The molecule has 0 bridgehead atoms. The molecule has 1 saturated heterocycles. The molecule has 0 aromatic heterocycles. The standard InChI is InChI=1S/C12H14O2/c1-2-11-7-13-4-3-10(11)5-9(1)6-12-8-14-12/h1-2,5,12H,3-4,6-8H2. The van der Waals surface area contributed by atoms with Gasteiger partial charge in [0.1, 0.15) is 0 Å². The van der Waals surface area contributed by atoms with Crippen molar-refractivity contribution in [1.82, 2.24) is 0 Å². The Morgan fingerprint density at radius 3 is 3.07 bits per heavy atom. The van der Waals surface area contributed by atoms with Crippen LogP contribution in [0, 0.1) is 0 Å². The fourth-order valence-electron chi connectivity index (χ4n) is 1.99. The van der Waals surface area contributed by atoms with Crippen LogP contribution in [0.3, 0.4) is 0 Å². The summed E-state index contributed by atoms with van der Waals surface area (Å²) in [4.78, 5) is 0. The Balaban J connectivity index is 1.84. The Labute approximate surface area is 83.8 Å². The minimum atomic E-state index is 0.493. The Hall–Kier alpha value is -0.860. The smallest absolute Gasteiger partial charge is 0.0850 e. The molecule has 0 N–H and O–H groups in total. The van der Waals surface area contributed by atoms with Crippen LogP contribution in [0.1, 0.15) is 16.7 Å². The predicted molar refractivity (Wildman–Crippen MR) is 53.2 cm³/mol. The Bertz CT molecular complexity index is 342. The van der Waals surface area contributed by atoms with Crippen LogP contribution < -0.4 is 0 Å². The summed E-state index contributed by atoms with van der Waals surface area (Å²) in [5.41, 5.74) is 4.24. The lowest BCUT2D eigenvalue weighted by molar-refractivity contribution is 0.110. The maximum absolute atomic E-state index is 5.40. The molecule has 1 aromatic rings. The predicted octanol–water partition coefficient (Wildman–Crippen LogP) is 1.70. The third-order valence-electron chi connectivity index (χ3n) is 2.91. The highest BCUT2D eigenvalue weighted by Crippen LogP contribution is 2.21. The molecule has 0 amide bonds. The number of hydrogen-bond acceptors (Lipinski definition) is 2. The molecule has 2 aliphatic heterocycles. The molecule has 1 unspecified atom stereocenters. The molecule has 0 spiro atoms. The van der Waals surface area contributed by atoms with Gasteiger partial charge in [-0.15, -0.1) is 0 Å². The van der Waals surface area contributed by atoms with Crippen LogP contribution in [0.25, 0.3) is 0 Å². The Morgan fingerprint density at radius 1 is 1.29 bits per heavy atom. The van der Waals surface area contributed by atoms with Crippen LogP contribution in [0.2, 0.25) is 0 Å². The first-order chi connectivity index (χ1) is 6.92. The van der Waals surface area contributed by atoms with E-state index in [-0.39, 0.29) is 0 Å². The lowest BCUT2D eigenvalue weighted by Gasteiger charge is -2.17. The summed E-state index contributed by atoms with van der Waals surface area (Å²) in [6, 6.07) is 6.72. The van der Waals surface area contributed by atoms with E-state index in [2.05, 4.69) is 18.2 Å². The van der Waals surface area contributed by atoms with Crippen molar-refractivity contribution in [2.75, 3.05) is 13.2 Å². The molecule has 2 aliphatic rings. The number of rotatable bonds is 2. The molecule has 0 saturated carbocycles. The van der Waals surface area contributed by atoms with E-state index in [1.165, 1.54) is 16.7 Å². The van der Waals surface area contributed by atoms with Crippen LogP contribution >= 0.6 is 0 Å². The number of ether oxygens (including phenoxy) is 2. The third-order valence-corrected chi connectivity index (χ3v) is 2.91. The molecule has 1 aromatic carbocycles. The molecule has 14 heavy (non-hydrogen) atoms. The zero-order chi connectivity index (χ0) is 9.38. The Morgan fingerprint density at radius 2 is 2.21 bits per heavy atom. The second-order valence-electron chi connectivity index (χ2n) is 4.07. The van der Waals surface area contributed by atoms with Gasteiger partial charge in [0, 0.05) is 6.42 Å². The first-order valence-electron chi connectivity index (χ1n) is 5.22. The van der Waals surface area contributed by atoms with E-state index in [0.717, 1.165) is 32.7 Å². The van der Waals surface area contributed by atoms with E-state index in [1.54, 1.807) is 0 Å². The summed E-state index contributed by atoms with van der Waals surface area (Å²) in [5, 5.41) is 0. The largest absolute Gasteiger partial charge is 0.376 e. The second-order valence-corrected chi connectivity index (χ2v) is 4.07. The average Bonchev–Trinajstić information content (AvgIpc) is 3.02. The van der Waals surface area contributed by atoms with E-state index in [4.69, 9.17) is 9.47 Å². The highest BCUT2D eigenvalue weighted by Gasteiger charge is 2.23. The molecule has 0 radical (unpaired) electrons. The van der Waals surface area contributed by atoms with Crippen molar-refractivity contribution in [2.24, 2.45) is 0 Å². The van der Waals surface area contributed by atoms with Gasteiger partial charge in [0.05, 0.1) is 25.9 Å². The minimum absolute atomic E-state index is 0.493. The van der Waals surface area contributed by atoms with Gasteiger partial charge in [-0.25, -0.2) is 0 Å². The fourth-order valence-corrected chi connectivity index (χ4v) is 1.99. The molecule has 74 valence electrons. The number of hydrogen-bond donors (Lipinski definition) is 0. The van der Waals surface area contributed by atoms with Gasteiger partial charge in [0.2, 0.25) is 0 Å². The zero-order valence-electron chi connectivity index (χ0n) is 8.16. The fraction of sp³-hybridized carbons (Fsp3) is 0.500. The van der Waals surface area contributed by atoms with Gasteiger partial charge in [-0.1, -0.05) is 18.2 Å². The van der Waals surface area contributed by atoms with Gasteiger partial charge in [0.25, 0.3) is 0 Å². The van der Waals surface area contributed by atoms with Crippen LogP contribution in [-0.2, 0) is 28.9 Å². The maximum atomic E-state index is 5.40. The first kappa shape index (κ1) is 8.45. The van der Waals surface area contributed by atoms with Gasteiger partial charge in [0.15, 0.2) is 0 Å². The quantitative estimate of drug-likeness (QED) is 0.662. The lowest BCUT2D eigenvalue weighted by Crippen LogP contribution is -2.10. The minimum Gasteiger partial charge on any atom is -0.376 e. The first-order valence-corrected chi connectivity index (χ1v) is 5.22. The monoisotopic (exact) mass is 190 g/mol. The number of epoxide rings is 1. The summed E-state index contributed by atoms with van der Waals surface area (Å²) >= 11 is 0. The molecular formula is C12H14O2. The van der Waals surface area contributed by atoms with Gasteiger partial charge >= 0.3 is 0 Å². The molecule has 2 heterocycles. The lowest BCUT2D eigenvalue weighted by atomic mass is 9.98. The van der Waals surface area contributed by atoms with Crippen molar-refractivity contribution in [3.8, 4) is 0 Å². The summed E-state index contributed by atoms with van der Waals surface area (Å²) in [6.07, 6.45) is 2.64. The molecule has 2 nitrogen and oxygen atoms in total. The number of benzene rings is 1. The van der Waals surface area contributed by atoms with Crippen molar-refractivity contribution < 1.29 is 9.47 Å².